The van der Waals surface area contributed by atoms with Gasteiger partial charge in [-0.15, -0.1) is 0 Å². The quantitative estimate of drug-likeness (QED) is 0.674. The zero-order chi connectivity index (χ0) is 20.3. The first-order valence-electron chi connectivity index (χ1n) is 8.15. The first-order chi connectivity index (χ1) is 13.3. The van der Waals surface area contributed by atoms with Crippen molar-refractivity contribution in [2.24, 2.45) is 0 Å². The van der Waals surface area contributed by atoms with Gasteiger partial charge in [0.15, 0.2) is 0 Å². The van der Waals surface area contributed by atoms with Crippen LogP contribution in [0.1, 0.15) is 15.9 Å². The summed E-state index contributed by atoms with van der Waals surface area (Å²) in [4.78, 5) is 10.9. The minimum Gasteiger partial charge on any atom is -0.478 e. The third-order valence-electron chi connectivity index (χ3n) is 4.06. The number of aromatic carboxylic acids is 1. The van der Waals surface area contributed by atoms with Gasteiger partial charge in [-0.25, -0.2) is 22.0 Å². The van der Waals surface area contributed by atoms with Crippen LogP contribution in [0.15, 0.2) is 77.7 Å². The van der Waals surface area contributed by atoms with Crippen LogP contribution < -0.4 is 4.31 Å². The Hall–Kier alpha value is -3.26. The molecular formula is C20H15F2NO4S. The fourth-order valence-electron chi connectivity index (χ4n) is 2.65. The van der Waals surface area contributed by atoms with E-state index in [0.29, 0.717) is 0 Å². The Kier molecular flexibility index (Phi) is 5.41. The number of anilines is 1. The molecule has 0 aliphatic carbocycles. The SMILES string of the molecule is O=C(O)c1cccc(S(=O)(=O)N(Cc2ccccc2F)c2ccccc2F)c1. The highest BCUT2D eigenvalue weighted by atomic mass is 32.2. The van der Waals surface area contributed by atoms with Crippen molar-refractivity contribution in [2.75, 3.05) is 4.31 Å². The van der Waals surface area contributed by atoms with E-state index in [1.165, 1.54) is 60.7 Å². The lowest BCUT2D eigenvalue weighted by molar-refractivity contribution is 0.0696. The Morgan fingerprint density at radius 1 is 0.893 bits per heavy atom. The van der Waals surface area contributed by atoms with E-state index in [1.807, 2.05) is 0 Å². The molecule has 5 nitrogen and oxygen atoms in total. The molecule has 8 heteroatoms. The minimum atomic E-state index is -4.38. The van der Waals surface area contributed by atoms with Crippen LogP contribution >= 0.6 is 0 Å². The smallest absolute Gasteiger partial charge is 0.335 e. The van der Waals surface area contributed by atoms with Crippen molar-refractivity contribution < 1.29 is 27.1 Å². The summed E-state index contributed by atoms with van der Waals surface area (Å²) < 4.78 is 55.7. The molecule has 3 aromatic rings. The zero-order valence-electron chi connectivity index (χ0n) is 14.4. The Balaban J connectivity index is 2.15. The van der Waals surface area contributed by atoms with Crippen LogP contribution in [0.5, 0.6) is 0 Å². The summed E-state index contributed by atoms with van der Waals surface area (Å²) in [5.41, 5.74) is -0.462. The van der Waals surface area contributed by atoms with Crippen molar-refractivity contribution in [2.45, 2.75) is 11.4 Å². The second-order valence-corrected chi connectivity index (χ2v) is 7.75. The summed E-state index contributed by atoms with van der Waals surface area (Å²) in [5, 5.41) is 9.13. The molecule has 0 heterocycles. The van der Waals surface area contributed by atoms with Gasteiger partial charge in [0, 0.05) is 5.56 Å². The van der Waals surface area contributed by atoms with Crippen LogP contribution in [0.4, 0.5) is 14.5 Å². The third-order valence-corrected chi connectivity index (χ3v) is 5.82. The summed E-state index contributed by atoms with van der Waals surface area (Å²) in [5.74, 6) is -2.75. The maximum atomic E-state index is 14.4. The van der Waals surface area contributed by atoms with E-state index < -0.39 is 34.2 Å². The first-order valence-corrected chi connectivity index (χ1v) is 9.59. The fraction of sp³-hybridized carbons (Fsp3) is 0.0500. The van der Waals surface area contributed by atoms with Gasteiger partial charge in [-0.05, 0) is 36.4 Å². The van der Waals surface area contributed by atoms with Gasteiger partial charge in [0.25, 0.3) is 10.0 Å². The largest absolute Gasteiger partial charge is 0.478 e. The fourth-order valence-corrected chi connectivity index (χ4v) is 4.15. The highest BCUT2D eigenvalue weighted by molar-refractivity contribution is 7.92. The predicted molar refractivity (Wildman–Crippen MR) is 99.6 cm³/mol. The average molecular weight is 403 g/mol. The lowest BCUT2D eigenvalue weighted by atomic mass is 10.2. The van der Waals surface area contributed by atoms with Crippen molar-refractivity contribution in [1.82, 2.24) is 0 Å². The van der Waals surface area contributed by atoms with Gasteiger partial charge in [0.2, 0.25) is 0 Å². The number of hydrogen-bond acceptors (Lipinski definition) is 3. The Labute approximate surface area is 160 Å². The average Bonchev–Trinajstić information content (AvgIpc) is 2.68. The summed E-state index contributed by atoms with van der Waals surface area (Å²) in [6, 6.07) is 15.5. The van der Waals surface area contributed by atoms with E-state index in [1.54, 1.807) is 0 Å². The van der Waals surface area contributed by atoms with Gasteiger partial charge in [0.1, 0.15) is 11.6 Å². The van der Waals surface area contributed by atoms with Crippen molar-refractivity contribution in [3.8, 4) is 0 Å². The molecule has 0 saturated heterocycles. The van der Waals surface area contributed by atoms with E-state index >= 15 is 0 Å². The molecule has 0 aliphatic rings. The lowest BCUT2D eigenvalue weighted by Crippen LogP contribution is -2.31. The number of nitrogens with zero attached hydrogens (tertiary/aromatic N) is 1. The third kappa shape index (κ3) is 3.86. The number of sulfonamides is 1. The molecule has 0 radical (unpaired) electrons. The normalized spacial score (nSPS) is 11.2. The van der Waals surface area contributed by atoms with Crippen molar-refractivity contribution >= 4 is 21.7 Å². The minimum absolute atomic E-state index is 0.0451. The Morgan fingerprint density at radius 2 is 1.54 bits per heavy atom. The van der Waals surface area contributed by atoms with Crippen LogP contribution in [0.3, 0.4) is 0 Å². The van der Waals surface area contributed by atoms with Gasteiger partial charge in [0.05, 0.1) is 22.7 Å². The maximum absolute atomic E-state index is 14.4. The molecule has 0 spiro atoms. The van der Waals surface area contributed by atoms with E-state index in [-0.39, 0.29) is 21.7 Å². The van der Waals surface area contributed by atoms with E-state index in [9.17, 15) is 22.0 Å². The highest BCUT2D eigenvalue weighted by Crippen LogP contribution is 2.29. The van der Waals surface area contributed by atoms with Gasteiger partial charge in [-0.3, -0.25) is 4.31 Å². The number of carboxylic acids is 1. The molecule has 0 amide bonds. The lowest BCUT2D eigenvalue weighted by Gasteiger charge is -2.25. The van der Waals surface area contributed by atoms with Crippen LogP contribution in [0.25, 0.3) is 0 Å². The molecule has 0 unspecified atom stereocenters. The van der Waals surface area contributed by atoms with E-state index in [4.69, 9.17) is 5.11 Å². The predicted octanol–water partition coefficient (Wildman–Crippen LogP) is 4.06. The Morgan fingerprint density at radius 3 is 2.18 bits per heavy atom. The van der Waals surface area contributed by atoms with Crippen molar-refractivity contribution in [3.05, 3.63) is 95.6 Å². The highest BCUT2D eigenvalue weighted by Gasteiger charge is 2.28. The van der Waals surface area contributed by atoms with Gasteiger partial charge in [-0.2, -0.15) is 0 Å². The molecule has 3 rings (SSSR count). The molecule has 144 valence electrons. The van der Waals surface area contributed by atoms with Gasteiger partial charge < -0.3 is 5.11 Å². The summed E-state index contributed by atoms with van der Waals surface area (Å²) >= 11 is 0. The van der Waals surface area contributed by atoms with Crippen LogP contribution in [-0.2, 0) is 16.6 Å². The molecule has 0 saturated carbocycles. The molecule has 0 fully saturated rings. The molecule has 0 aliphatic heterocycles. The number of rotatable bonds is 6. The number of halogens is 2. The molecule has 0 atom stereocenters. The first kappa shape index (κ1) is 19.5. The second-order valence-electron chi connectivity index (χ2n) is 5.89. The number of carboxylic acid groups (broad SMARTS) is 1. The van der Waals surface area contributed by atoms with E-state index in [0.717, 1.165) is 16.4 Å². The number of carbonyl (C=O) groups is 1. The summed E-state index contributed by atoms with van der Waals surface area (Å²) in [6.07, 6.45) is 0. The van der Waals surface area contributed by atoms with Crippen LogP contribution in [0, 0.1) is 11.6 Å². The molecule has 28 heavy (non-hydrogen) atoms. The number of hydrogen-bond donors (Lipinski definition) is 1. The van der Waals surface area contributed by atoms with Crippen LogP contribution in [-0.4, -0.2) is 19.5 Å². The monoisotopic (exact) mass is 403 g/mol. The second kappa shape index (κ2) is 7.77. The van der Waals surface area contributed by atoms with Gasteiger partial charge >= 0.3 is 5.97 Å². The molecular weight excluding hydrogens is 388 g/mol. The van der Waals surface area contributed by atoms with Crippen molar-refractivity contribution in [3.63, 3.8) is 0 Å². The van der Waals surface area contributed by atoms with Crippen LogP contribution in [0.2, 0.25) is 0 Å². The maximum Gasteiger partial charge on any atom is 0.335 e. The van der Waals surface area contributed by atoms with Crippen molar-refractivity contribution in [1.29, 1.82) is 0 Å². The molecule has 0 aromatic heterocycles. The summed E-state index contributed by atoms with van der Waals surface area (Å²) in [7, 11) is -4.38. The van der Waals surface area contributed by atoms with E-state index in [2.05, 4.69) is 0 Å². The zero-order valence-corrected chi connectivity index (χ0v) is 15.2. The number of benzene rings is 3. The van der Waals surface area contributed by atoms with Gasteiger partial charge in [-0.1, -0.05) is 36.4 Å². The molecule has 0 bridgehead atoms. The Bertz CT molecular complexity index is 1130. The molecule has 3 aromatic carbocycles. The molecule has 1 N–H and O–H groups in total. The number of para-hydroxylation sites is 1. The standard InChI is InChI=1S/C20H15F2NO4S/c21-17-9-2-1-6-15(17)13-23(19-11-4-3-10-18(19)22)28(26,27)16-8-5-7-14(12-16)20(24)25/h1-12H,13H2,(H,24,25). The summed E-state index contributed by atoms with van der Waals surface area (Å²) in [6.45, 7) is -0.465. The topological polar surface area (TPSA) is 74.7 Å².